The van der Waals surface area contributed by atoms with Crippen molar-refractivity contribution in [2.24, 2.45) is 26.1 Å². The first kappa shape index (κ1) is 43.8. The number of carbonyl (C=O) groups is 6. The Morgan fingerprint density at radius 2 is 1.65 bits per heavy atom. The number of rotatable bonds is 14. The molecule has 3 aromatic rings. The molecule has 0 aliphatic carbocycles. The fraction of sp³-hybridized carbons (Fsp3) is 0.394. The molecule has 0 unspecified atom stereocenters. The Morgan fingerprint density at radius 3 is 2.13 bits per heavy atom. The van der Waals surface area contributed by atoms with E-state index in [1.807, 2.05) is 20.3 Å². The first-order valence-electron chi connectivity index (χ1n) is 15.7. The normalized spacial score (nSPS) is 10.7. The Labute approximate surface area is 302 Å². The highest BCUT2D eigenvalue weighted by molar-refractivity contribution is 6.03. The number of nitrogens with one attached hydrogen (secondary N) is 5. The van der Waals surface area contributed by atoms with Gasteiger partial charge in [0, 0.05) is 73.0 Å². The molecule has 3 amide bonds. The lowest BCUT2D eigenvalue weighted by molar-refractivity contribution is -0.116. The van der Waals surface area contributed by atoms with E-state index in [9.17, 15) is 28.8 Å². The van der Waals surface area contributed by atoms with E-state index in [2.05, 4.69) is 43.3 Å². The second-order valence-electron chi connectivity index (χ2n) is 12.0. The molecule has 3 rings (SSSR count). The number of carboxylic acids is 1. The van der Waals surface area contributed by atoms with Gasteiger partial charge in [-0.3, -0.25) is 19.7 Å². The van der Waals surface area contributed by atoms with E-state index < -0.39 is 23.6 Å². The Bertz CT molecular complexity index is 1730. The van der Waals surface area contributed by atoms with Crippen molar-refractivity contribution in [2.45, 2.75) is 32.8 Å². The maximum absolute atomic E-state index is 12.3. The summed E-state index contributed by atoms with van der Waals surface area (Å²) >= 11 is 0. The zero-order valence-corrected chi connectivity index (χ0v) is 30.9. The summed E-state index contributed by atoms with van der Waals surface area (Å²) in [7, 11) is 10.3. The quantitative estimate of drug-likeness (QED) is 0.104. The topological polar surface area (TPSA) is 235 Å². The van der Waals surface area contributed by atoms with E-state index in [1.165, 1.54) is 33.8 Å². The van der Waals surface area contributed by atoms with Gasteiger partial charge in [0.05, 0.1) is 23.6 Å². The Hall–Kier alpha value is -6.24. The fourth-order valence-electron chi connectivity index (χ4n) is 3.95. The van der Waals surface area contributed by atoms with Crippen LogP contribution >= 0.6 is 0 Å². The van der Waals surface area contributed by atoms with Crippen molar-refractivity contribution in [1.82, 2.24) is 34.2 Å². The van der Waals surface area contributed by atoms with Crippen LogP contribution < -0.4 is 26.6 Å². The number of hydrogen-bond acceptors (Lipinski definition) is 12. The van der Waals surface area contributed by atoms with Gasteiger partial charge in [0.2, 0.25) is 11.7 Å². The predicted octanol–water partition coefficient (Wildman–Crippen LogP) is 2.28. The lowest BCUT2D eigenvalue weighted by atomic mass is 10.2. The van der Waals surface area contributed by atoms with Gasteiger partial charge in [0.15, 0.2) is 17.9 Å². The molecule has 0 aromatic carbocycles. The Morgan fingerprint density at radius 1 is 1.00 bits per heavy atom. The molecule has 19 heteroatoms. The maximum atomic E-state index is 12.3. The number of likely N-dealkylation sites (N-methyl/N-ethyl adjacent to an activating group) is 1. The van der Waals surface area contributed by atoms with Crippen LogP contribution in [0.15, 0.2) is 47.7 Å². The third kappa shape index (κ3) is 15.5. The molecule has 52 heavy (non-hydrogen) atoms. The summed E-state index contributed by atoms with van der Waals surface area (Å²) in [6.45, 7) is 9.34. The third-order valence-electron chi connectivity index (χ3n) is 6.39. The van der Waals surface area contributed by atoms with Crippen molar-refractivity contribution in [1.29, 1.82) is 0 Å². The van der Waals surface area contributed by atoms with Crippen LogP contribution in [0.4, 0.5) is 22.0 Å². The molecule has 0 fully saturated rings. The lowest BCUT2D eigenvalue weighted by Gasteiger charge is -2.20. The molecule has 284 valence electrons. The minimum absolute atomic E-state index is 0.0487. The van der Waals surface area contributed by atoms with Crippen LogP contribution in [-0.2, 0) is 35.5 Å². The summed E-state index contributed by atoms with van der Waals surface area (Å²) in [6, 6.07) is 3.15. The summed E-state index contributed by atoms with van der Waals surface area (Å²) in [5.74, 6) is -1.23. The van der Waals surface area contributed by atoms with Crippen LogP contribution in [0.2, 0.25) is 0 Å². The fourth-order valence-corrected chi connectivity index (χ4v) is 3.95. The molecular formula is C33H49N11O8. The summed E-state index contributed by atoms with van der Waals surface area (Å²) in [6.07, 6.45) is 7.62. The summed E-state index contributed by atoms with van der Waals surface area (Å²) in [5, 5.41) is 22.5. The van der Waals surface area contributed by atoms with Crippen molar-refractivity contribution in [2.75, 3.05) is 50.2 Å². The van der Waals surface area contributed by atoms with E-state index in [4.69, 9.17) is 9.84 Å². The number of aromatic nitrogens is 4. The molecule has 0 saturated heterocycles. The number of alkyl carbamates (subject to hydrolysis) is 1. The van der Waals surface area contributed by atoms with Crippen LogP contribution in [0, 0.1) is 0 Å². The zero-order valence-electron chi connectivity index (χ0n) is 30.9. The van der Waals surface area contributed by atoms with Crippen molar-refractivity contribution < 1.29 is 38.6 Å². The molecule has 3 heterocycles. The van der Waals surface area contributed by atoms with Crippen LogP contribution in [0.5, 0.6) is 0 Å². The van der Waals surface area contributed by atoms with Gasteiger partial charge in [-0.05, 0) is 46.7 Å². The van der Waals surface area contributed by atoms with Crippen molar-refractivity contribution in [3.63, 3.8) is 0 Å². The van der Waals surface area contributed by atoms with Crippen LogP contribution in [-0.4, -0.2) is 112 Å². The monoisotopic (exact) mass is 727 g/mol. The number of nitrogens with zero attached hydrogens (tertiary/aromatic N) is 6. The van der Waals surface area contributed by atoms with Gasteiger partial charge in [-0.2, -0.15) is 0 Å². The summed E-state index contributed by atoms with van der Waals surface area (Å²) < 4.78 is 9.69. The Balaban J connectivity index is 0.000000431. The van der Waals surface area contributed by atoms with Crippen LogP contribution in [0.3, 0.4) is 0 Å². The predicted molar refractivity (Wildman–Crippen MR) is 197 cm³/mol. The molecule has 0 spiro atoms. The van der Waals surface area contributed by atoms with E-state index >= 15 is 0 Å². The van der Waals surface area contributed by atoms with Gasteiger partial charge >= 0.3 is 12.1 Å². The molecule has 19 nitrogen and oxygen atoms in total. The average molecular weight is 728 g/mol. The number of aldehydes is 2. The number of amides is 3. The number of carbonyl (C=O) groups excluding carboxylic acids is 5. The van der Waals surface area contributed by atoms with E-state index in [-0.39, 0.29) is 42.0 Å². The largest absolute Gasteiger partial charge is 0.477 e. The molecule has 0 saturated carbocycles. The van der Waals surface area contributed by atoms with Gasteiger partial charge < -0.3 is 54.5 Å². The number of hydrogen-bond donors (Lipinski definition) is 6. The number of aryl methyl sites for hydroxylation is 3. The third-order valence-corrected chi connectivity index (χ3v) is 6.39. The molecule has 0 aliphatic heterocycles. The highest BCUT2D eigenvalue weighted by Crippen LogP contribution is 2.15. The number of anilines is 3. The number of imidazole rings is 1. The molecule has 0 atom stereocenters. The maximum Gasteiger partial charge on any atom is 0.413 e. The van der Waals surface area contributed by atoms with E-state index in [0.29, 0.717) is 17.9 Å². The average Bonchev–Trinajstić information content (AvgIpc) is 3.74. The molecule has 0 radical (unpaired) electrons. The van der Waals surface area contributed by atoms with E-state index in [0.717, 1.165) is 18.3 Å². The lowest BCUT2D eigenvalue weighted by Crippen LogP contribution is -2.32. The minimum atomic E-state index is -1.09. The molecular weight excluding hydrogens is 678 g/mol. The van der Waals surface area contributed by atoms with Gasteiger partial charge in [-0.15, -0.1) is 0 Å². The van der Waals surface area contributed by atoms with Gasteiger partial charge in [0.25, 0.3) is 5.91 Å². The number of ether oxygens (including phenoxy) is 1. The molecule has 0 bridgehead atoms. The zero-order chi connectivity index (χ0) is 39.6. The standard InChI is InChI=1S/C15H20N6O4.C11H19N3O3.C7H10N2O/c1-16-5-4-12(22)18-11-8-21(3)13(19-11)14(23)17-9-6-10(15(24)25)20(2)7-9;1-11(2,3)17-10(16)13-9(12-4)8-14(5)6-7-15;1-8-6-3-7(5-10)9(2)4-6/h6-8,16H,4-5H2,1-3H3,(H,17,23)(H,18,22)(H,24,25);7-8H,4,6H2,1-3,5H3,(H,13,16);3-5,8H,1-2H3/b;9-8+;. The summed E-state index contributed by atoms with van der Waals surface area (Å²) in [4.78, 5) is 76.3. The van der Waals surface area contributed by atoms with Gasteiger partial charge in [-0.1, -0.05) is 0 Å². The van der Waals surface area contributed by atoms with Gasteiger partial charge in [0.1, 0.15) is 17.6 Å². The smallest absolute Gasteiger partial charge is 0.413 e. The van der Waals surface area contributed by atoms with Crippen LogP contribution in [0.1, 0.15) is 58.8 Å². The number of carboxylic acid groups (broad SMARTS) is 1. The molecule has 3 aromatic heterocycles. The van der Waals surface area contributed by atoms with Crippen molar-refractivity contribution in [3.8, 4) is 0 Å². The first-order chi connectivity index (χ1) is 24.4. The Kier molecular flexibility index (Phi) is 17.8. The van der Waals surface area contributed by atoms with E-state index in [1.54, 1.807) is 64.5 Å². The van der Waals surface area contributed by atoms with Crippen molar-refractivity contribution in [3.05, 3.63) is 60.0 Å². The second kappa shape index (κ2) is 21.1. The van der Waals surface area contributed by atoms with Crippen LogP contribution in [0.25, 0.3) is 0 Å². The molecule has 0 aliphatic rings. The highest BCUT2D eigenvalue weighted by atomic mass is 16.6. The van der Waals surface area contributed by atoms with Crippen molar-refractivity contribution >= 4 is 60.4 Å². The highest BCUT2D eigenvalue weighted by Gasteiger charge is 2.18. The first-order valence-corrected chi connectivity index (χ1v) is 15.7. The minimum Gasteiger partial charge on any atom is -0.477 e. The summed E-state index contributed by atoms with van der Waals surface area (Å²) in [5.41, 5.74) is 1.46. The van der Waals surface area contributed by atoms with Gasteiger partial charge in [-0.25, -0.2) is 19.6 Å². The molecule has 6 N–H and O–H groups in total. The second-order valence-corrected chi connectivity index (χ2v) is 12.0. The number of aromatic carboxylic acids is 1. The number of aliphatic imine (C=N–C) groups is 1. The SMILES string of the molecule is C=N/C(=C\N(C)CC=O)NC(=O)OC(C)(C)C.CNCCC(=O)Nc1cn(C)c(C(=O)Nc2cc(C(=O)O)n(C)c2)n1.CNc1cc(C=O)n(C)c1.